The number of halogens is 2. The summed E-state index contributed by atoms with van der Waals surface area (Å²) in [6.45, 7) is 2.02. The molecule has 2 heterocycles. The van der Waals surface area contributed by atoms with E-state index in [0.29, 0.717) is 24.6 Å². The Morgan fingerprint density at radius 3 is 2.61 bits per heavy atom. The minimum absolute atomic E-state index is 0.102. The number of hydrogen-bond donors (Lipinski definition) is 0. The zero-order valence-corrected chi connectivity index (χ0v) is 18.1. The van der Waals surface area contributed by atoms with E-state index in [2.05, 4.69) is 11.7 Å². The quantitative estimate of drug-likeness (QED) is 0.580. The Morgan fingerprint density at radius 2 is 1.97 bits per heavy atom. The van der Waals surface area contributed by atoms with E-state index in [1.807, 2.05) is 0 Å². The molecule has 7 nitrogen and oxygen atoms in total. The summed E-state index contributed by atoms with van der Waals surface area (Å²) in [6, 6.07) is 4.25. The van der Waals surface area contributed by atoms with E-state index < -0.39 is 17.8 Å². The first-order chi connectivity index (χ1) is 14.8. The monoisotopic (exact) mass is 454 g/mol. The Balaban J connectivity index is 1.72. The van der Waals surface area contributed by atoms with Crippen molar-refractivity contribution in [1.29, 1.82) is 0 Å². The second-order valence-corrected chi connectivity index (χ2v) is 8.34. The Hall–Kier alpha value is -2.62. The van der Waals surface area contributed by atoms with Gasteiger partial charge in [0.05, 0.1) is 11.5 Å². The van der Waals surface area contributed by atoms with Gasteiger partial charge in [-0.1, -0.05) is 13.0 Å². The Morgan fingerprint density at radius 1 is 1.26 bits per heavy atom. The van der Waals surface area contributed by atoms with Crippen LogP contribution in [-0.4, -0.2) is 59.7 Å². The minimum atomic E-state index is -3.00. The Bertz CT molecular complexity index is 885. The van der Waals surface area contributed by atoms with Crippen LogP contribution in [-0.2, 0) is 9.59 Å². The van der Waals surface area contributed by atoms with E-state index in [1.165, 1.54) is 24.3 Å². The van der Waals surface area contributed by atoms with Gasteiger partial charge in [-0.3, -0.25) is 19.3 Å². The molecule has 0 spiro atoms. The first kappa shape index (κ1) is 23.1. The number of piperidine rings is 1. The van der Waals surface area contributed by atoms with Crippen LogP contribution in [0.25, 0.3) is 6.08 Å². The predicted octanol–water partition coefficient (Wildman–Crippen LogP) is 3.98. The van der Waals surface area contributed by atoms with Crippen LogP contribution in [0, 0.1) is 5.92 Å². The number of thioether (sulfide) groups is 1. The van der Waals surface area contributed by atoms with E-state index >= 15 is 0 Å². The summed E-state index contributed by atoms with van der Waals surface area (Å²) in [5.74, 6) is -0.265. The van der Waals surface area contributed by atoms with Crippen molar-refractivity contribution in [2.24, 2.45) is 5.92 Å². The van der Waals surface area contributed by atoms with Crippen molar-refractivity contribution in [1.82, 2.24) is 9.80 Å². The summed E-state index contributed by atoms with van der Waals surface area (Å²) in [6.07, 6.45) is 3.27. The molecule has 3 rings (SSSR count). The molecule has 0 radical (unpaired) electrons. The largest absolute Gasteiger partial charge is 0.490 e. The van der Waals surface area contributed by atoms with E-state index in [9.17, 15) is 23.2 Å². The fourth-order valence-corrected chi connectivity index (χ4v) is 4.20. The zero-order valence-electron chi connectivity index (χ0n) is 17.3. The van der Waals surface area contributed by atoms with Crippen LogP contribution in [0.15, 0.2) is 23.1 Å². The highest BCUT2D eigenvalue weighted by Crippen LogP contribution is 2.35. The first-order valence-corrected chi connectivity index (χ1v) is 10.8. The van der Waals surface area contributed by atoms with E-state index in [4.69, 9.17) is 4.74 Å². The van der Waals surface area contributed by atoms with Crippen molar-refractivity contribution in [2.75, 3.05) is 26.2 Å². The number of imide groups is 1. The molecule has 10 heteroatoms. The topological polar surface area (TPSA) is 76.2 Å². The number of amides is 3. The number of rotatable bonds is 7. The number of alkyl halides is 2. The molecule has 1 aromatic carbocycles. The SMILES string of the molecule is CCOc1cc(/C=C2\SC(=O)N(CC(=O)N3CCC(C)CC3)C2=O)ccc1OC(F)F. The van der Waals surface area contributed by atoms with Gasteiger partial charge in [-0.15, -0.1) is 0 Å². The molecule has 1 aromatic rings. The number of hydrogen-bond acceptors (Lipinski definition) is 6. The Kier molecular flexibility index (Phi) is 7.53. The number of nitrogens with zero attached hydrogens (tertiary/aromatic N) is 2. The van der Waals surface area contributed by atoms with Crippen molar-refractivity contribution < 1.29 is 32.6 Å². The summed E-state index contributed by atoms with van der Waals surface area (Å²) in [5, 5.41) is -0.516. The molecule has 168 valence electrons. The maximum absolute atomic E-state index is 12.7. The van der Waals surface area contributed by atoms with E-state index in [1.54, 1.807) is 11.8 Å². The third kappa shape index (κ3) is 5.75. The average Bonchev–Trinajstić information content (AvgIpc) is 2.97. The summed E-state index contributed by atoms with van der Waals surface area (Å²) in [4.78, 5) is 40.3. The molecule has 2 aliphatic heterocycles. The van der Waals surface area contributed by atoms with Gasteiger partial charge in [0.2, 0.25) is 5.91 Å². The maximum atomic E-state index is 12.7. The van der Waals surface area contributed by atoms with Crippen LogP contribution in [0.4, 0.5) is 13.6 Å². The van der Waals surface area contributed by atoms with Gasteiger partial charge in [0.1, 0.15) is 6.54 Å². The van der Waals surface area contributed by atoms with Gasteiger partial charge in [-0.2, -0.15) is 8.78 Å². The molecule has 0 bridgehead atoms. The van der Waals surface area contributed by atoms with Crippen LogP contribution in [0.1, 0.15) is 32.3 Å². The minimum Gasteiger partial charge on any atom is -0.490 e. The second-order valence-electron chi connectivity index (χ2n) is 7.35. The molecule has 0 N–H and O–H groups in total. The van der Waals surface area contributed by atoms with Crippen LogP contribution >= 0.6 is 11.8 Å². The third-order valence-corrected chi connectivity index (χ3v) is 5.99. The van der Waals surface area contributed by atoms with Gasteiger partial charge in [0, 0.05) is 13.1 Å². The molecule has 2 fully saturated rings. The van der Waals surface area contributed by atoms with Crippen molar-refractivity contribution in [3.8, 4) is 11.5 Å². The number of likely N-dealkylation sites (tertiary alicyclic amines) is 1. The van der Waals surface area contributed by atoms with Gasteiger partial charge < -0.3 is 14.4 Å². The molecule has 0 atom stereocenters. The molecule has 0 aromatic heterocycles. The van der Waals surface area contributed by atoms with Crippen LogP contribution in [0.3, 0.4) is 0 Å². The molecular weight excluding hydrogens is 430 g/mol. The standard InChI is InChI=1S/C21H24F2N2O5S/c1-3-29-16-10-14(4-5-15(16)30-20(22)23)11-17-19(27)25(21(28)31-17)12-18(26)24-8-6-13(2)7-9-24/h4-5,10-11,13,20H,3,6-9,12H2,1-2H3/b17-11-. The van der Waals surface area contributed by atoms with Crippen molar-refractivity contribution >= 4 is 34.9 Å². The molecule has 3 amide bonds. The molecule has 0 saturated carbocycles. The van der Waals surface area contributed by atoms with Crippen LogP contribution < -0.4 is 9.47 Å². The fourth-order valence-electron chi connectivity index (χ4n) is 3.36. The Labute approximate surface area is 183 Å². The summed E-state index contributed by atoms with van der Waals surface area (Å²) >= 11 is 0.735. The van der Waals surface area contributed by atoms with Gasteiger partial charge in [-0.05, 0) is 61.2 Å². The highest BCUT2D eigenvalue weighted by atomic mass is 32.2. The van der Waals surface area contributed by atoms with Crippen LogP contribution in [0.5, 0.6) is 11.5 Å². The van der Waals surface area contributed by atoms with Crippen molar-refractivity contribution in [2.45, 2.75) is 33.3 Å². The zero-order chi connectivity index (χ0) is 22.5. The van der Waals surface area contributed by atoms with Gasteiger partial charge in [-0.25, -0.2) is 0 Å². The normalized spacial score (nSPS) is 18.9. The van der Waals surface area contributed by atoms with Gasteiger partial charge in [0.25, 0.3) is 11.1 Å². The van der Waals surface area contributed by atoms with Gasteiger partial charge >= 0.3 is 6.61 Å². The third-order valence-electron chi connectivity index (χ3n) is 5.08. The summed E-state index contributed by atoms with van der Waals surface area (Å²) < 4.78 is 34.9. The van der Waals surface area contributed by atoms with E-state index in [-0.39, 0.29) is 35.5 Å². The number of benzene rings is 1. The lowest BCUT2D eigenvalue weighted by atomic mass is 9.99. The molecule has 2 saturated heterocycles. The first-order valence-electron chi connectivity index (χ1n) is 10.0. The van der Waals surface area contributed by atoms with Crippen LogP contribution in [0.2, 0.25) is 0 Å². The highest BCUT2D eigenvalue weighted by molar-refractivity contribution is 8.18. The maximum Gasteiger partial charge on any atom is 0.387 e. The predicted molar refractivity (Wildman–Crippen MR) is 112 cm³/mol. The number of carbonyl (C=O) groups is 3. The lowest BCUT2D eigenvalue weighted by molar-refractivity contribution is -0.136. The average molecular weight is 454 g/mol. The van der Waals surface area contributed by atoms with Crippen molar-refractivity contribution in [3.05, 3.63) is 28.7 Å². The number of ether oxygens (including phenoxy) is 2. The lowest BCUT2D eigenvalue weighted by Crippen LogP contribution is -2.45. The van der Waals surface area contributed by atoms with Gasteiger partial charge in [0.15, 0.2) is 11.5 Å². The lowest BCUT2D eigenvalue weighted by Gasteiger charge is -2.31. The molecule has 31 heavy (non-hydrogen) atoms. The summed E-state index contributed by atoms with van der Waals surface area (Å²) in [5.41, 5.74) is 0.479. The second kappa shape index (κ2) is 10.1. The van der Waals surface area contributed by atoms with Crippen molar-refractivity contribution in [3.63, 3.8) is 0 Å². The van der Waals surface area contributed by atoms with E-state index in [0.717, 1.165) is 29.5 Å². The molecule has 0 aliphatic carbocycles. The highest BCUT2D eigenvalue weighted by Gasteiger charge is 2.37. The smallest absolute Gasteiger partial charge is 0.387 e. The molecular formula is C21H24F2N2O5S. The fraction of sp³-hybridized carbons (Fsp3) is 0.476. The molecule has 2 aliphatic rings. The number of carbonyl (C=O) groups excluding carboxylic acids is 3. The summed E-state index contributed by atoms with van der Waals surface area (Å²) in [7, 11) is 0. The molecule has 0 unspecified atom stereocenters.